The molecule has 0 N–H and O–H groups in total. The van der Waals surface area contributed by atoms with Gasteiger partial charge < -0.3 is 0 Å². The number of rotatable bonds is 1. The molecule has 0 saturated carbocycles. The van der Waals surface area contributed by atoms with Crippen molar-refractivity contribution in [2.24, 2.45) is 14.1 Å². The lowest BCUT2D eigenvalue weighted by Gasteiger charge is -1.90. The highest BCUT2D eigenvalue weighted by atomic mass is 16.1. The Morgan fingerprint density at radius 2 is 2.00 bits per heavy atom. The van der Waals surface area contributed by atoms with Crippen LogP contribution in [0.25, 0.3) is 11.0 Å². The fourth-order valence-electron chi connectivity index (χ4n) is 1.96. The lowest BCUT2D eigenvalue weighted by molar-refractivity contribution is -0.647. The quantitative estimate of drug-likeness (QED) is 0.489. The summed E-state index contributed by atoms with van der Waals surface area (Å²) in [6, 6.07) is 7.99. The first-order valence-corrected chi connectivity index (χ1v) is 4.57. The molecule has 3 nitrogen and oxygen atoms in total. The van der Waals surface area contributed by atoms with E-state index in [2.05, 4.69) is 0 Å². The number of hydrogen-bond acceptors (Lipinski definition) is 1. The second kappa shape index (κ2) is 2.94. The number of imidazole rings is 1. The normalized spacial score (nSPS) is 10.8. The molecule has 0 aliphatic carbocycles. The summed E-state index contributed by atoms with van der Waals surface area (Å²) < 4.78 is 3.86. The average Bonchev–Trinajstić information content (AvgIpc) is 2.41. The molecule has 1 aromatic carbocycles. The molecule has 1 aromatic heterocycles. The van der Waals surface area contributed by atoms with Crippen molar-refractivity contribution in [1.29, 1.82) is 0 Å². The molecule has 0 atom stereocenters. The predicted molar refractivity (Wildman–Crippen MR) is 54.1 cm³/mol. The summed E-state index contributed by atoms with van der Waals surface area (Å²) in [4.78, 5) is 11.4. The van der Waals surface area contributed by atoms with Gasteiger partial charge in [-0.1, -0.05) is 12.1 Å². The summed E-state index contributed by atoms with van der Waals surface area (Å²) in [7, 11) is 3.83. The van der Waals surface area contributed by atoms with Crippen LogP contribution in [-0.2, 0) is 14.1 Å². The monoisotopic (exact) mass is 189 g/mol. The van der Waals surface area contributed by atoms with E-state index in [9.17, 15) is 4.79 Å². The topological polar surface area (TPSA) is 25.9 Å². The first kappa shape index (κ1) is 8.94. The van der Waals surface area contributed by atoms with E-state index in [0.29, 0.717) is 0 Å². The number of aryl methyl sites for hydroxylation is 2. The second-order valence-electron chi connectivity index (χ2n) is 3.49. The van der Waals surface area contributed by atoms with Gasteiger partial charge in [-0.25, -0.2) is 9.13 Å². The largest absolute Gasteiger partial charge is 0.325 e. The number of Topliss-reactive ketones (excluding diaryl/α,β-unsaturated/α-hetero) is 1. The molecule has 0 amide bonds. The SMILES string of the molecule is CC(=O)c1n(C)c2ccccc2[n+]1C. The Balaban J connectivity index is 2.92. The lowest BCUT2D eigenvalue weighted by Crippen LogP contribution is -2.34. The third kappa shape index (κ3) is 1.05. The zero-order chi connectivity index (χ0) is 10.3. The van der Waals surface area contributed by atoms with Crippen molar-refractivity contribution in [3.63, 3.8) is 0 Å². The van der Waals surface area contributed by atoms with Crippen molar-refractivity contribution < 1.29 is 9.36 Å². The van der Waals surface area contributed by atoms with Gasteiger partial charge in [-0.3, -0.25) is 4.79 Å². The number of ketones is 1. The summed E-state index contributed by atoms with van der Waals surface area (Å²) in [6.07, 6.45) is 0. The summed E-state index contributed by atoms with van der Waals surface area (Å²) in [6.45, 7) is 1.59. The minimum atomic E-state index is 0.0891. The molecule has 0 aliphatic rings. The number of carbonyl (C=O) groups excluding carboxylic acids is 1. The molecule has 2 rings (SSSR count). The fraction of sp³-hybridized carbons (Fsp3) is 0.273. The van der Waals surface area contributed by atoms with Gasteiger partial charge in [0.05, 0.1) is 14.1 Å². The van der Waals surface area contributed by atoms with Crippen LogP contribution in [0.1, 0.15) is 17.5 Å². The number of fused-ring (bicyclic) bond motifs is 1. The van der Waals surface area contributed by atoms with Gasteiger partial charge in [0.15, 0.2) is 11.0 Å². The first-order chi connectivity index (χ1) is 6.63. The Bertz CT molecular complexity index is 472. The smallest absolute Gasteiger partial charge is 0.286 e. The van der Waals surface area contributed by atoms with Crippen LogP contribution in [0.3, 0.4) is 0 Å². The molecule has 0 saturated heterocycles. The highest BCUT2D eigenvalue weighted by Crippen LogP contribution is 2.11. The third-order valence-electron chi connectivity index (χ3n) is 2.55. The molecule has 3 heteroatoms. The molecule has 0 aliphatic heterocycles. The Morgan fingerprint density at radius 1 is 1.36 bits per heavy atom. The van der Waals surface area contributed by atoms with Crippen LogP contribution < -0.4 is 4.57 Å². The zero-order valence-corrected chi connectivity index (χ0v) is 8.61. The van der Waals surface area contributed by atoms with Crippen LogP contribution in [0.2, 0.25) is 0 Å². The first-order valence-electron chi connectivity index (χ1n) is 4.57. The number of carbonyl (C=O) groups is 1. The van der Waals surface area contributed by atoms with E-state index in [4.69, 9.17) is 0 Å². The summed E-state index contributed by atoms with van der Waals surface area (Å²) in [5.74, 6) is 0.817. The molecular weight excluding hydrogens is 176 g/mol. The maximum Gasteiger partial charge on any atom is 0.325 e. The van der Waals surface area contributed by atoms with Gasteiger partial charge >= 0.3 is 5.82 Å². The Kier molecular flexibility index (Phi) is 1.88. The molecular formula is C11H13N2O+. The molecule has 0 bridgehead atoms. The van der Waals surface area contributed by atoms with E-state index in [1.54, 1.807) is 6.92 Å². The van der Waals surface area contributed by atoms with Crippen LogP contribution in [0.4, 0.5) is 0 Å². The third-order valence-corrected chi connectivity index (χ3v) is 2.55. The van der Waals surface area contributed by atoms with E-state index in [1.807, 2.05) is 47.5 Å². The maximum atomic E-state index is 11.4. The minimum Gasteiger partial charge on any atom is -0.286 e. The van der Waals surface area contributed by atoms with Gasteiger partial charge in [-0.15, -0.1) is 0 Å². The molecule has 0 spiro atoms. The maximum absolute atomic E-state index is 11.4. The van der Waals surface area contributed by atoms with Crippen LogP contribution in [-0.4, -0.2) is 10.4 Å². The molecule has 14 heavy (non-hydrogen) atoms. The van der Waals surface area contributed by atoms with Gasteiger partial charge in [0, 0.05) is 6.92 Å². The number of hydrogen-bond donors (Lipinski definition) is 0. The molecule has 2 aromatic rings. The van der Waals surface area contributed by atoms with Crippen LogP contribution in [0.5, 0.6) is 0 Å². The number of benzene rings is 1. The van der Waals surface area contributed by atoms with Gasteiger partial charge in [0.2, 0.25) is 5.78 Å². The fourth-order valence-corrected chi connectivity index (χ4v) is 1.96. The summed E-state index contributed by atoms with van der Waals surface area (Å²) >= 11 is 0. The van der Waals surface area contributed by atoms with Crippen molar-refractivity contribution in [2.45, 2.75) is 6.92 Å². The van der Waals surface area contributed by atoms with Crippen molar-refractivity contribution in [1.82, 2.24) is 4.57 Å². The van der Waals surface area contributed by atoms with E-state index >= 15 is 0 Å². The van der Waals surface area contributed by atoms with Gasteiger partial charge in [0.1, 0.15) is 0 Å². The number of aromatic nitrogens is 2. The highest BCUT2D eigenvalue weighted by molar-refractivity contribution is 5.91. The van der Waals surface area contributed by atoms with Gasteiger partial charge in [-0.2, -0.15) is 0 Å². The van der Waals surface area contributed by atoms with Crippen LogP contribution in [0, 0.1) is 0 Å². The standard InChI is InChI=1S/C11H13N2O/c1-8(14)11-12(2)9-6-4-5-7-10(9)13(11)3/h4-7H,1-3H3/q+1. The molecule has 0 fully saturated rings. The van der Waals surface area contributed by atoms with Crippen LogP contribution >= 0.6 is 0 Å². The van der Waals surface area contributed by atoms with Crippen molar-refractivity contribution in [2.75, 3.05) is 0 Å². The minimum absolute atomic E-state index is 0.0891. The molecule has 0 unspecified atom stereocenters. The van der Waals surface area contributed by atoms with Gasteiger partial charge in [0.25, 0.3) is 0 Å². The Hall–Kier alpha value is -1.64. The number of para-hydroxylation sites is 2. The molecule has 1 heterocycles. The van der Waals surface area contributed by atoms with Crippen LogP contribution in [0.15, 0.2) is 24.3 Å². The Morgan fingerprint density at radius 3 is 2.57 bits per heavy atom. The second-order valence-corrected chi connectivity index (χ2v) is 3.49. The Labute approximate surface area is 82.6 Å². The van der Waals surface area contributed by atoms with Crippen molar-refractivity contribution in [3.8, 4) is 0 Å². The summed E-state index contributed by atoms with van der Waals surface area (Å²) in [5, 5.41) is 0. The van der Waals surface area contributed by atoms with Crippen molar-refractivity contribution in [3.05, 3.63) is 30.1 Å². The molecule has 0 radical (unpaired) electrons. The zero-order valence-electron chi connectivity index (χ0n) is 8.61. The van der Waals surface area contributed by atoms with Crippen molar-refractivity contribution >= 4 is 16.8 Å². The summed E-state index contributed by atoms with van der Waals surface area (Å²) in [5.41, 5.74) is 2.17. The lowest BCUT2D eigenvalue weighted by atomic mass is 10.3. The number of nitrogens with zero attached hydrogens (tertiary/aromatic N) is 2. The van der Waals surface area contributed by atoms with Gasteiger partial charge in [-0.05, 0) is 12.1 Å². The van der Waals surface area contributed by atoms with E-state index < -0.39 is 0 Å². The highest BCUT2D eigenvalue weighted by Gasteiger charge is 2.22. The molecule has 72 valence electrons. The average molecular weight is 189 g/mol. The predicted octanol–water partition coefficient (Wildman–Crippen LogP) is 1.21. The van der Waals surface area contributed by atoms with E-state index in [1.165, 1.54) is 0 Å². The van der Waals surface area contributed by atoms with E-state index in [0.717, 1.165) is 16.9 Å². The van der Waals surface area contributed by atoms with E-state index in [-0.39, 0.29) is 5.78 Å².